The lowest BCUT2D eigenvalue weighted by molar-refractivity contribution is -0.145. The number of carbonyl (C=O) groups excluding carboxylic acids is 1. The monoisotopic (exact) mass is 293 g/mol. The Hall–Kier alpha value is -1.88. The van der Waals surface area contributed by atoms with Crippen LogP contribution in [0.25, 0.3) is 0 Å². The second-order valence-corrected chi connectivity index (χ2v) is 5.15. The van der Waals surface area contributed by atoms with Crippen molar-refractivity contribution in [3.63, 3.8) is 0 Å². The van der Waals surface area contributed by atoms with E-state index in [2.05, 4.69) is 0 Å². The molecule has 1 aromatic carbocycles. The van der Waals surface area contributed by atoms with Crippen molar-refractivity contribution in [2.45, 2.75) is 39.3 Å². The number of carboxylic acids is 1. The molecule has 0 unspecified atom stereocenters. The Morgan fingerprint density at radius 2 is 1.90 bits per heavy atom. The van der Waals surface area contributed by atoms with Gasteiger partial charge in [-0.3, -0.25) is 9.59 Å². The van der Waals surface area contributed by atoms with E-state index in [1.54, 1.807) is 0 Å². The molecule has 0 aliphatic rings. The third kappa shape index (κ3) is 7.46. The van der Waals surface area contributed by atoms with Crippen molar-refractivity contribution in [2.24, 2.45) is 0 Å². The van der Waals surface area contributed by atoms with Gasteiger partial charge in [0.1, 0.15) is 6.54 Å². The number of benzene rings is 1. The lowest BCUT2D eigenvalue weighted by Gasteiger charge is -2.21. The summed E-state index contributed by atoms with van der Waals surface area (Å²) in [6.07, 6.45) is 1.04. The molecule has 0 bridgehead atoms. The Bertz CT molecular complexity index is 445. The van der Waals surface area contributed by atoms with Gasteiger partial charge in [0.05, 0.1) is 6.10 Å². The first-order valence-electron chi connectivity index (χ1n) is 7.14. The molecule has 1 rings (SSSR count). The van der Waals surface area contributed by atoms with Crippen molar-refractivity contribution < 1.29 is 19.4 Å². The quantitative estimate of drug-likeness (QED) is 0.709. The molecule has 1 N–H and O–H groups in total. The lowest BCUT2D eigenvalue weighted by Crippen LogP contribution is -2.35. The molecule has 0 atom stereocenters. The Morgan fingerprint density at radius 1 is 1.24 bits per heavy atom. The first kappa shape index (κ1) is 17.2. The molecule has 1 aromatic rings. The topological polar surface area (TPSA) is 66.8 Å². The van der Waals surface area contributed by atoms with Gasteiger partial charge >= 0.3 is 5.97 Å². The summed E-state index contributed by atoms with van der Waals surface area (Å²) in [6, 6.07) is 9.38. The van der Waals surface area contributed by atoms with Crippen LogP contribution < -0.4 is 0 Å². The van der Waals surface area contributed by atoms with E-state index in [1.165, 1.54) is 4.90 Å². The van der Waals surface area contributed by atoms with Crippen LogP contribution in [-0.4, -0.2) is 41.1 Å². The van der Waals surface area contributed by atoms with Crippen molar-refractivity contribution in [3.05, 3.63) is 35.9 Å². The second-order valence-electron chi connectivity index (χ2n) is 5.15. The van der Waals surface area contributed by atoms with Gasteiger partial charge in [-0.1, -0.05) is 30.3 Å². The van der Waals surface area contributed by atoms with Crippen molar-refractivity contribution in [2.75, 3.05) is 13.2 Å². The number of rotatable bonds is 9. The summed E-state index contributed by atoms with van der Waals surface area (Å²) in [5.74, 6) is -1.16. The summed E-state index contributed by atoms with van der Waals surface area (Å²) in [5.41, 5.74) is 0.922. The minimum atomic E-state index is -1.00. The number of amides is 1. The highest BCUT2D eigenvalue weighted by molar-refractivity contribution is 5.81. The molecule has 0 aliphatic carbocycles. The average Bonchev–Trinajstić information content (AvgIpc) is 2.43. The van der Waals surface area contributed by atoms with Gasteiger partial charge in [0.15, 0.2) is 0 Å². The van der Waals surface area contributed by atoms with Crippen LogP contribution in [0.2, 0.25) is 0 Å². The number of hydrogen-bond acceptors (Lipinski definition) is 3. The number of carboxylic acid groups (broad SMARTS) is 1. The third-order valence-electron chi connectivity index (χ3n) is 2.88. The van der Waals surface area contributed by atoms with E-state index in [9.17, 15) is 9.59 Å². The summed E-state index contributed by atoms with van der Waals surface area (Å²) in [4.78, 5) is 24.4. The van der Waals surface area contributed by atoms with Crippen molar-refractivity contribution >= 4 is 11.9 Å². The molecule has 0 saturated carbocycles. The molecule has 5 heteroatoms. The van der Waals surface area contributed by atoms with Crippen LogP contribution >= 0.6 is 0 Å². The maximum Gasteiger partial charge on any atom is 0.323 e. The highest BCUT2D eigenvalue weighted by Gasteiger charge is 2.16. The standard InChI is InChI=1S/C16H23NO4/c1-13(2)21-10-6-9-15(18)17(12-16(19)20)11-14-7-4-3-5-8-14/h3-5,7-8,13H,6,9-12H2,1-2H3,(H,19,20). The van der Waals surface area contributed by atoms with Gasteiger partial charge in [-0.2, -0.15) is 0 Å². The molecular formula is C16H23NO4. The smallest absolute Gasteiger partial charge is 0.323 e. The molecule has 0 radical (unpaired) electrons. The maximum absolute atomic E-state index is 12.1. The molecule has 5 nitrogen and oxygen atoms in total. The lowest BCUT2D eigenvalue weighted by atomic mass is 10.2. The number of ether oxygens (including phenoxy) is 1. The van der Waals surface area contributed by atoms with E-state index in [0.29, 0.717) is 26.0 Å². The average molecular weight is 293 g/mol. The van der Waals surface area contributed by atoms with E-state index < -0.39 is 5.97 Å². The predicted octanol–water partition coefficient (Wildman–Crippen LogP) is 2.30. The molecule has 1 amide bonds. The van der Waals surface area contributed by atoms with E-state index in [4.69, 9.17) is 9.84 Å². The highest BCUT2D eigenvalue weighted by atomic mass is 16.5. The second kappa shape index (κ2) is 9.13. The maximum atomic E-state index is 12.1. The van der Waals surface area contributed by atoms with Gasteiger partial charge < -0.3 is 14.7 Å². The SMILES string of the molecule is CC(C)OCCCC(=O)N(CC(=O)O)Cc1ccccc1. The van der Waals surface area contributed by atoms with Gasteiger partial charge in [-0.15, -0.1) is 0 Å². The largest absolute Gasteiger partial charge is 0.480 e. The number of carbonyl (C=O) groups is 2. The fourth-order valence-corrected chi connectivity index (χ4v) is 1.90. The van der Waals surface area contributed by atoms with E-state index in [0.717, 1.165) is 5.56 Å². The summed E-state index contributed by atoms with van der Waals surface area (Å²) in [5, 5.41) is 8.94. The van der Waals surface area contributed by atoms with Crippen LogP contribution in [0.4, 0.5) is 0 Å². The first-order valence-corrected chi connectivity index (χ1v) is 7.14. The zero-order chi connectivity index (χ0) is 15.7. The summed E-state index contributed by atoms with van der Waals surface area (Å²) < 4.78 is 5.38. The summed E-state index contributed by atoms with van der Waals surface area (Å²) in [7, 11) is 0. The van der Waals surface area contributed by atoms with Gasteiger partial charge in [0.25, 0.3) is 0 Å². The van der Waals surface area contributed by atoms with Crippen molar-refractivity contribution in [1.82, 2.24) is 4.90 Å². The molecule has 0 fully saturated rings. The van der Waals surface area contributed by atoms with Gasteiger partial charge in [-0.25, -0.2) is 0 Å². The van der Waals surface area contributed by atoms with Gasteiger partial charge in [0, 0.05) is 19.6 Å². The molecule has 0 heterocycles. The van der Waals surface area contributed by atoms with Crippen LogP contribution in [-0.2, 0) is 20.9 Å². The molecule has 21 heavy (non-hydrogen) atoms. The van der Waals surface area contributed by atoms with Crippen molar-refractivity contribution in [3.8, 4) is 0 Å². The molecule has 116 valence electrons. The van der Waals surface area contributed by atoms with Crippen LogP contribution in [0, 0.1) is 0 Å². The van der Waals surface area contributed by atoms with E-state index >= 15 is 0 Å². The number of aliphatic carboxylic acids is 1. The summed E-state index contributed by atoms with van der Waals surface area (Å²) >= 11 is 0. The number of hydrogen-bond donors (Lipinski definition) is 1. The minimum absolute atomic E-state index is 0.138. The van der Waals surface area contributed by atoms with Crippen LogP contribution in [0.1, 0.15) is 32.3 Å². The Kier molecular flexibility index (Phi) is 7.46. The summed E-state index contributed by atoms with van der Waals surface area (Å²) in [6.45, 7) is 4.42. The minimum Gasteiger partial charge on any atom is -0.480 e. The Labute approximate surface area is 125 Å². The normalized spacial score (nSPS) is 10.6. The third-order valence-corrected chi connectivity index (χ3v) is 2.88. The first-order chi connectivity index (χ1) is 9.99. The van der Waals surface area contributed by atoms with Gasteiger partial charge in [-0.05, 0) is 25.8 Å². The van der Waals surface area contributed by atoms with Gasteiger partial charge in [0.2, 0.25) is 5.91 Å². The van der Waals surface area contributed by atoms with Crippen molar-refractivity contribution in [1.29, 1.82) is 0 Å². The molecule has 0 spiro atoms. The molecule has 0 aromatic heterocycles. The fraction of sp³-hybridized carbons (Fsp3) is 0.500. The molecule has 0 saturated heterocycles. The van der Waals surface area contributed by atoms with Crippen LogP contribution in [0.3, 0.4) is 0 Å². The van der Waals surface area contributed by atoms with E-state index in [-0.39, 0.29) is 18.6 Å². The van der Waals surface area contributed by atoms with Crippen LogP contribution in [0.5, 0.6) is 0 Å². The predicted molar refractivity (Wildman–Crippen MR) is 79.8 cm³/mol. The molecular weight excluding hydrogens is 270 g/mol. The Morgan fingerprint density at radius 3 is 2.48 bits per heavy atom. The Balaban J connectivity index is 2.52. The number of nitrogens with zero attached hydrogens (tertiary/aromatic N) is 1. The van der Waals surface area contributed by atoms with Crippen LogP contribution in [0.15, 0.2) is 30.3 Å². The fourth-order valence-electron chi connectivity index (χ4n) is 1.90. The zero-order valence-corrected chi connectivity index (χ0v) is 12.6. The highest BCUT2D eigenvalue weighted by Crippen LogP contribution is 2.07. The molecule has 0 aliphatic heterocycles. The van der Waals surface area contributed by atoms with E-state index in [1.807, 2.05) is 44.2 Å². The zero-order valence-electron chi connectivity index (χ0n) is 12.6.